The molecule has 0 unspecified atom stereocenters. The van der Waals surface area contributed by atoms with E-state index in [0.717, 1.165) is 5.69 Å². The monoisotopic (exact) mass is 151 g/mol. The molecular weight excluding hydrogens is 138 g/mol. The molecule has 0 amide bonds. The highest BCUT2D eigenvalue weighted by atomic mass is 16.5. The summed E-state index contributed by atoms with van der Waals surface area (Å²) in [7, 11) is 1.67. The molecule has 1 rings (SSSR count). The maximum Gasteiger partial charge on any atom is 0.116 e. The van der Waals surface area contributed by atoms with E-state index >= 15 is 0 Å². The molecular formula is C9H13NO. The van der Waals surface area contributed by atoms with Crippen LogP contribution in [0.2, 0.25) is 0 Å². The summed E-state index contributed by atoms with van der Waals surface area (Å²) in [5, 5.41) is 3.10. The third-order valence-corrected chi connectivity index (χ3v) is 1.47. The first-order valence-electron chi connectivity index (χ1n) is 3.62. The highest BCUT2D eigenvalue weighted by molar-refractivity contribution is 5.43. The van der Waals surface area contributed by atoms with E-state index in [1.54, 1.807) is 7.11 Å². The second-order valence-corrected chi connectivity index (χ2v) is 2.48. The molecule has 0 saturated heterocycles. The lowest BCUT2D eigenvalue weighted by Gasteiger charge is -2.03. The maximum atomic E-state index is 4.86. The molecule has 11 heavy (non-hydrogen) atoms. The zero-order valence-corrected chi connectivity index (χ0v) is 6.92. The molecule has 0 fully saturated rings. The lowest BCUT2D eigenvalue weighted by atomic mass is 10.2. The number of hydrogen-bond acceptors (Lipinski definition) is 2. The molecule has 0 aromatic heterocycles. The summed E-state index contributed by atoms with van der Waals surface area (Å²) in [6.07, 6.45) is 0. The van der Waals surface area contributed by atoms with E-state index in [-0.39, 0.29) is 0 Å². The van der Waals surface area contributed by atoms with Crippen molar-refractivity contribution in [1.29, 1.82) is 0 Å². The van der Waals surface area contributed by atoms with Gasteiger partial charge in [0.05, 0.1) is 0 Å². The van der Waals surface area contributed by atoms with Crippen LogP contribution in [0.4, 0.5) is 5.69 Å². The Morgan fingerprint density at radius 2 is 1.91 bits per heavy atom. The molecule has 0 spiro atoms. The van der Waals surface area contributed by atoms with Crippen molar-refractivity contribution >= 4 is 5.69 Å². The molecule has 1 aromatic rings. The Morgan fingerprint density at radius 3 is 2.45 bits per heavy atom. The van der Waals surface area contributed by atoms with E-state index in [4.69, 9.17) is 4.74 Å². The number of anilines is 1. The molecule has 0 aliphatic carbocycles. The topological polar surface area (TPSA) is 21.3 Å². The lowest BCUT2D eigenvalue weighted by molar-refractivity contribution is 0.221. The molecule has 2 heteroatoms. The summed E-state index contributed by atoms with van der Waals surface area (Å²) in [5.74, 6) is 0. The predicted octanol–water partition coefficient (Wildman–Crippen LogP) is 2.01. The number of benzene rings is 1. The van der Waals surface area contributed by atoms with Gasteiger partial charge in [-0.2, -0.15) is 0 Å². The van der Waals surface area contributed by atoms with Gasteiger partial charge in [0, 0.05) is 12.8 Å². The molecule has 1 aromatic carbocycles. The molecule has 0 atom stereocenters. The number of aryl methyl sites for hydroxylation is 1. The third kappa shape index (κ3) is 2.60. The Bertz CT molecular complexity index is 205. The number of nitrogens with one attached hydrogen (secondary N) is 1. The van der Waals surface area contributed by atoms with Gasteiger partial charge in [0.2, 0.25) is 0 Å². The van der Waals surface area contributed by atoms with E-state index < -0.39 is 0 Å². The first-order valence-corrected chi connectivity index (χ1v) is 3.62. The molecule has 0 saturated carbocycles. The van der Waals surface area contributed by atoms with E-state index in [9.17, 15) is 0 Å². The van der Waals surface area contributed by atoms with Gasteiger partial charge in [0.25, 0.3) is 0 Å². The van der Waals surface area contributed by atoms with Gasteiger partial charge < -0.3 is 10.1 Å². The summed E-state index contributed by atoms with van der Waals surface area (Å²) in [6, 6.07) is 8.21. The van der Waals surface area contributed by atoms with Crippen LogP contribution in [-0.2, 0) is 4.74 Å². The molecule has 0 bridgehead atoms. The number of hydrogen-bond donors (Lipinski definition) is 1. The van der Waals surface area contributed by atoms with Gasteiger partial charge in [-0.3, -0.25) is 0 Å². The quantitative estimate of drug-likeness (QED) is 0.667. The van der Waals surface area contributed by atoms with Crippen molar-refractivity contribution in [3.8, 4) is 0 Å². The molecule has 2 nitrogen and oxygen atoms in total. The summed E-state index contributed by atoms with van der Waals surface area (Å²) in [4.78, 5) is 0. The minimum absolute atomic E-state index is 0.559. The van der Waals surface area contributed by atoms with Crippen LogP contribution in [-0.4, -0.2) is 13.8 Å². The first-order chi connectivity index (χ1) is 5.33. The van der Waals surface area contributed by atoms with E-state index in [1.165, 1.54) is 5.56 Å². The minimum Gasteiger partial charge on any atom is -0.365 e. The highest BCUT2D eigenvalue weighted by Gasteiger charge is 1.87. The van der Waals surface area contributed by atoms with Crippen LogP contribution in [0, 0.1) is 6.92 Å². The van der Waals surface area contributed by atoms with E-state index in [1.807, 2.05) is 12.1 Å². The van der Waals surface area contributed by atoms with Crippen LogP contribution in [0.3, 0.4) is 0 Å². The van der Waals surface area contributed by atoms with Gasteiger partial charge in [-0.1, -0.05) is 17.7 Å². The standard InChI is InChI=1S/C9H13NO/c1-8-3-5-9(6-4-8)10-7-11-2/h3-6,10H,7H2,1-2H3. The smallest absolute Gasteiger partial charge is 0.116 e. The molecule has 0 aliphatic rings. The van der Waals surface area contributed by atoms with Crippen molar-refractivity contribution in [3.05, 3.63) is 29.8 Å². The Hall–Kier alpha value is -1.02. The summed E-state index contributed by atoms with van der Waals surface area (Å²) in [6.45, 7) is 2.63. The predicted molar refractivity (Wildman–Crippen MR) is 46.7 cm³/mol. The first kappa shape index (κ1) is 8.08. The van der Waals surface area contributed by atoms with Gasteiger partial charge in [-0.25, -0.2) is 0 Å². The summed E-state index contributed by atoms with van der Waals surface area (Å²) < 4.78 is 4.86. The fourth-order valence-corrected chi connectivity index (χ4v) is 0.827. The number of methoxy groups -OCH3 is 1. The minimum atomic E-state index is 0.559. The average Bonchev–Trinajstić information content (AvgIpc) is 2.04. The van der Waals surface area contributed by atoms with Crippen LogP contribution >= 0.6 is 0 Å². The van der Waals surface area contributed by atoms with Crippen molar-refractivity contribution in [2.45, 2.75) is 6.92 Å². The van der Waals surface area contributed by atoms with Crippen molar-refractivity contribution in [1.82, 2.24) is 0 Å². The van der Waals surface area contributed by atoms with E-state index in [2.05, 4.69) is 24.4 Å². The molecule has 60 valence electrons. The van der Waals surface area contributed by atoms with E-state index in [0.29, 0.717) is 6.73 Å². The Labute approximate surface area is 67.2 Å². The largest absolute Gasteiger partial charge is 0.365 e. The third-order valence-electron chi connectivity index (χ3n) is 1.47. The van der Waals surface area contributed by atoms with Crippen LogP contribution < -0.4 is 5.32 Å². The molecule has 0 radical (unpaired) electrons. The lowest BCUT2D eigenvalue weighted by Crippen LogP contribution is -2.02. The SMILES string of the molecule is COCNc1ccc(C)cc1. The van der Waals surface area contributed by atoms with Crippen LogP contribution in [0.1, 0.15) is 5.56 Å². The Balaban J connectivity index is 2.52. The Morgan fingerprint density at radius 1 is 1.27 bits per heavy atom. The van der Waals surface area contributed by atoms with Gasteiger partial charge in [-0.15, -0.1) is 0 Å². The molecule has 1 N–H and O–H groups in total. The highest BCUT2D eigenvalue weighted by Crippen LogP contribution is 2.07. The van der Waals surface area contributed by atoms with Crippen molar-refractivity contribution in [3.63, 3.8) is 0 Å². The van der Waals surface area contributed by atoms with Crippen molar-refractivity contribution < 1.29 is 4.74 Å². The average molecular weight is 151 g/mol. The number of rotatable bonds is 3. The van der Waals surface area contributed by atoms with Crippen LogP contribution in [0.5, 0.6) is 0 Å². The second kappa shape index (κ2) is 3.98. The fraction of sp³-hybridized carbons (Fsp3) is 0.333. The van der Waals surface area contributed by atoms with Crippen LogP contribution in [0.15, 0.2) is 24.3 Å². The number of ether oxygens (including phenoxy) is 1. The molecule has 0 heterocycles. The molecule has 0 aliphatic heterocycles. The zero-order chi connectivity index (χ0) is 8.10. The zero-order valence-electron chi connectivity index (χ0n) is 6.92. The normalized spacial score (nSPS) is 9.64. The van der Waals surface area contributed by atoms with Crippen molar-refractivity contribution in [2.75, 3.05) is 19.2 Å². The maximum absolute atomic E-state index is 4.86. The van der Waals surface area contributed by atoms with Gasteiger partial charge >= 0.3 is 0 Å². The van der Waals surface area contributed by atoms with Crippen LogP contribution in [0.25, 0.3) is 0 Å². The summed E-state index contributed by atoms with van der Waals surface area (Å²) in [5.41, 5.74) is 2.37. The van der Waals surface area contributed by atoms with Gasteiger partial charge in [-0.05, 0) is 19.1 Å². The Kier molecular flexibility index (Phi) is 2.93. The van der Waals surface area contributed by atoms with Gasteiger partial charge in [0.1, 0.15) is 6.73 Å². The second-order valence-electron chi connectivity index (χ2n) is 2.48. The fourth-order valence-electron chi connectivity index (χ4n) is 0.827. The van der Waals surface area contributed by atoms with Crippen molar-refractivity contribution in [2.24, 2.45) is 0 Å². The van der Waals surface area contributed by atoms with Gasteiger partial charge in [0.15, 0.2) is 0 Å². The summed E-state index contributed by atoms with van der Waals surface area (Å²) >= 11 is 0.